The van der Waals surface area contributed by atoms with Gasteiger partial charge in [-0.15, -0.1) is 0 Å². The molecule has 0 aliphatic heterocycles. The van der Waals surface area contributed by atoms with Gasteiger partial charge >= 0.3 is 18.2 Å². The Kier molecular flexibility index (Phi) is 5.31. The van der Waals surface area contributed by atoms with Crippen LogP contribution in [-0.4, -0.2) is 38.8 Å². The fraction of sp³-hybridized carbons (Fsp3) is 0.238. The minimum absolute atomic E-state index is 0.0228. The van der Waals surface area contributed by atoms with E-state index in [2.05, 4.69) is 30.3 Å². The summed E-state index contributed by atoms with van der Waals surface area (Å²) in [6, 6.07) is 11.5. The van der Waals surface area contributed by atoms with Crippen molar-refractivity contribution in [3.63, 3.8) is 0 Å². The normalized spacial score (nSPS) is 15.8. The third-order valence-electron chi connectivity index (χ3n) is 4.76. The number of hydrogen-bond donors (Lipinski definition) is 3. The molecular formula is C21H17ClF3N5O3. The predicted octanol–water partition coefficient (Wildman–Crippen LogP) is 5.01. The highest BCUT2D eigenvalue weighted by Gasteiger charge is 2.45. The number of aromatic carboxylic acids is 1. The van der Waals surface area contributed by atoms with Crippen molar-refractivity contribution in [1.29, 1.82) is 0 Å². The number of carboxylic acid groups (broad SMARTS) is 1. The van der Waals surface area contributed by atoms with Gasteiger partial charge in [-0.25, -0.2) is 4.79 Å². The summed E-state index contributed by atoms with van der Waals surface area (Å²) in [6.07, 6.45) is -3.98. The number of carboxylic acids is 1. The van der Waals surface area contributed by atoms with Crippen molar-refractivity contribution < 1.29 is 30.6 Å². The van der Waals surface area contributed by atoms with Crippen LogP contribution in [0.25, 0.3) is 0 Å². The van der Waals surface area contributed by atoms with E-state index >= 15 is 0 Å². The van der Waals surface area contributed by atoms with Gasteiger partial charge in [-0.2, -0.15) is 28.1 Å². The monoisotopic (exact) mass is 481 g/mol. The van der Waals surface area contributed by atoms with Crippen LogP contribution in [0.1, 0.15) is 31.5 Å². The molecule has 0 amide bonds. The summed E-state index contributed by atoms with van der Waals surface area (Å²) in [4.78, 5) is 22.8. The Labute approximate surface area is 193 Å². The summed E-state index contributed by atoms with van der Waals surface area (Å²) in [7, 11) is 0. The molecule has 1 saturated carbocycles. The Morgan fingerprint density at radius 2 is 1.73 bits per heavy atom. The van der Waals surface area contributed by atoms with E-state index < -0.39 is 30.3 Å². The van der Waals surface area contributed by atoms with Gasteiger partial charge < -0.3 is 20.5 Å². The Balaban J connectivity index is 1.66. The molecule has 8 nitrogen and oxygen atoms in total. The number of nitrogens with zero attached hydrogens (tertiary/aromatic N) is 3. The number of carbonyl (C=O) groups is 1. The number of hydrogen-bond acceptors (Lipinski definition) is 7. The zero-order valence-corrected chi connectivity index (χ0v) is 17.4. The van der Waals surface area contributed by atoms with Crippen LogP contribution < -0.4 is 15.4 Å². The van der Waals surface area contributed by atoms with E-state index in [-0.39, 0.29) is 17.5 Å². The molecule has 0 saturated heterocycles. The molecule has 33 heavy (non-hydrogen) atoms. The number of nitrogens with one attached hydrogen (secondary N) is 2. The number of benzene rings is 2. The number of aromatic nitrogens is 3. The Hall–Kier alpha value is -3.60. The Morgan fingerprint density at radius 1 is 1.09 bits per heavy atom. The van der Waals surface area contributed by atoms with Crippen molar-refractivity contribution in [2.24, 2.45) is 0 Å². The zero-order valence-electron chi connectivity index (χ0n) is 18.7. The van der Waals surface area contributed by atoms with Crippen molar-refractivity contribution in [2.45, 2.75) is 24.6 Å². The van der Waals surface area contributed by atoms with Crippen molar-refractivity contribution >= 4 is 35.2 Å². The molecule has 3 N–H and O–H groups in total. The highest BCUT2D eigenvalue weighted by molar-refractivity contribution is 6.30. The number of ether oxygens (including phenoxy) is 1. The molecule has 12 heteroatoms. The summed E-state index contributed by atoms with van der Waals surface area (Å²) in [5, 5.41) is 15.4. The van der Waals surface area contributed by atoms with Crippen LogP contribution in [0.5, 0.6) is 6.01 Å². The van der Waals surface area contributed by atoms with E-state index in [0.717, 1.165) is 5.56 Å². The zero-order chi connectivity index (χ0) is 25.4. The first-order chi connectivity index (χ1) is 16.4. The van der Waals surface area contributed by atoms with Gasteiger partial charge in [0.05, 0.1) is 13.8 Å². The van der Waals surface area contributed by atoms with Gasteiger partial charge in [0.2, 0.25) is 11.9 Å². The Morgan fingerprint density at radius 3 is 2.30 bits per heavy atom. The van der Waals surface area contributed by atoms with Crippen LogP contribution in [0, 0.1) is 0 Å². The summed E-state index contributed by atoms with van der Waals surface area (Å²) in [5.41, 5.74) is 0.617. The molecule has 1 aromatic heterocycles. The summed E-state index contributed by atoms with van der Waals surface area (Å²) in [5.74, 6) is -1.53. The second kappa shape index (κ2) is 8.74. The maximum absolute atomic E-state index is 13.0. The number of alkyl halides is 3. The van der Waals surface area contributed by atoms with Crippen LogP contribution in [-0.2, 0) is 5.54 Å². The quantitative estimate of drug-likeness (QED) is 0.412. The maximum atomic E-state index is 13.0. The van der Waals surface area contributed by atoms with Crippen LogP contribution in [0.15, 0.2) is 48.5 Å². The van der Waals surface area contributed by atoms with Gasteiger partial charge in [-0.1, -0.05) is 23.7 Å². The largest absolute Gasteiger partial charge is 0.478 e. The summed E-state index contributed by atoms with van der Waals surface area (Å²) < 4.78 is 58.0. The second-order valence-corrected chi connectivity index (χ2v) is 7.63. The van der Waals surface area contributed by atoms with Crippen LogP contribution >= 0.6 is 11.6 Å². The SMILES string of the molecule is [2H]C([2H])(Oc1nc(Nc2ccc(C(=O)O)cc2)nc(NC2(c3ccc(Cl)cc3)CC2)n1)C(F)(F)F. The van der Waals surface area contributed by atoms with Crippen molar-refractivity contribution in [1.82, 2.24) is 15.0 Å². The molecule has 0 unspecified atom stereocenters. The molecule has 0 spiro atoms. The topological polar surface area (TPSA) is 109 Å². The van der Waals surface area contributed by atoms with Gasteiger partial charge in [0.1, 0.15) is 0 Å². The summed E-state index contributed by atoms with van der Waals surface area (Å²) in [6.45, 7) is -4.06. The first-order valence-electron chi connectivity index (χ1n) is 10.5. The molecule has 4 rings (SSSR count). The van der Waals surface area contributed by atoms with Crippen LogP contribution in [0.4, 0.5) is 30.8 Å². The van der Waals surface area contributed by atoms with Gasteiger partial charge in [0.25, 0.3) is 0 Å². The van der Waals surface area contributed by atoms with E-state index in [0.29, 0.717) is 23.6 Å². The third-order valence-corrected chi connectivity index (χ3v) is 5.01. The smallest absolute Gasteiger partial charge is 0.422 e. The fourth-order valence-corrected chi connectivity index (χ4v) is 3.16. The Bertz CT molecular complexity index is 1240. The molecule has 1 fully saturated rings. The van der Waals surface area contributed by atoms with Gasteiger partial charge in [-0.05, 0) is 54.8 Å². The molecule has 1 aliphatic carbocycles. The average molecular weight is 482 g/mol. The molecule has 0 bridgehead atoms. The van der Waals surface area contributed by atoms with Gasteiger partial charge in [0.15, 0.2) is 6.56 Å². The van der Waals surface area contributed by atoms with Crippen molar-refractivity contribution in [2.75, 3.05) is 17.2 Å². The van der Waals surface area contributed by atoms with E-state index in [9.17, 15) is 18.0 Å². The van der Waals surface area contributed by atoms with Gasteiger partial charge in [0, 0.05) is 10.7 Å². The van der Waals surface area contributed by atoms with E-state index in [1.165, 1.54) is 24.3 Å². The highest BCUT2D eigenvalue weighted by Crippen LogP contribution is 2.48. The van der Waals surface area contributed by atoms with E-state index in [1.54, 1.807) is 24.3 Å². The molecule has 2 aromatic carbocycles. The molecule has 0 radical (unpaired) electrons. The second-order valence-electron chi connectivity index (χ2n) is 7.19. The standard InChI is InChI=1S/C21H17ClF3N5O3/c22-14-5-3-13(4-6-14)20(9-10-20)30-18-27-17(28-19(29-18)33-11-21(23,24)25)26-15-7-1-12(2-8-15)16(31)32/h1-8H,9-11H2,(H,31,32)(H2,26,27,28,29,30)/i11D2. The highest BCUT2D eigenvalue weighted by atomic mass is 35.5. The fourth-order valence-electron chi connectivity index (χ4n) is 3.04. The van der Waals surface area contributed by atoms with E-state index in [1.807, 2.05) is 0 Å². The third kappa shape index (κ3) is 5.80. The number of anilines is 3. The van der Waals surface area contributed by atoms with Gasteiger partial charge in [-0.3, -0.25) is 0 Å². The minimum Gasteiger partial charge on any atom is -0.478 e. The van der Waals surface area contributed by atoms with Crippen LogP contribution in [0.2, 0.25) is 5.02 Å². The molecule has 1 heterocycles. The van der Waals surface area contributed by atoms with Crippen LogP contribution in [0.3, 0.4) is 0 Å². The first kappa shape index (κ1) is 20.0. The maximum Gasteiger partial charge on any atom is 0.422 e. The predicted molar refractivity (Wildman–Crippen MR) is 114 cm³/mol. The minimum atomic E-state index is -5.34. The average Bonchev–Trinajstić information content (AvgIpc) is 3.53. The molecule has 1 aliphatic rings. The lowest BCUT2D eigenvalue weighted by molar-refractivity contribution is -0.154. The van der Waals surface area contributed by atoms with Crippen molar-refractivity contribution in [3.8, 4) is 6.01 Å². The molecule has 172 valence electrons. The lowest BCUT2D eigenvalue weighted by atomic mass is 10.1. The first-order valence-corrected chi connectivity index (χ1v) is 9.91. The van der Waals surface area contributed by atoms with Crippen molar-refractivity contribution in [3.05, 3.63) is 64.7 Å². The number of halogens is 4. The summed E-state index contributed by atoms with van der Waals surface area (Å²) >= 11 is 5.95. The molecule has 3 aromatic rings. The lowest BCUT2D eigenvalue weighted by Gasteiger charge is -2.19. The lowest BCUT2D eigenvalue weighted by Crippen LogP contribution is -2.23. The number of rotatable bonds is 8. The molecule has 0 atom stereocenters. The van der Waals surface area contributed by atoms with E-state index in [4.69, 9.17) is 19.4 Å². The molecular weight excluding hydrogens is 463 g/mol.